The fraction of sp³-hybridized carbons (Fsp3) is 0.357. The summed E-state index contributed by atoms with van der Waals surface area (Å²) < 4.78 is 5.00. The molecule has 0 aliphatic carbocycles. The summed E-state index contributed by atoms with van der Waals surface area (Å²) in [6.45, 7) is 5.56. The molecule has 0 bridgehead atoms. The number of carbonyl (C=O) groups is 1. The van der Waals surface area contributed by atoms with E-state index in [1.807, 2.05) is 24.3 Å². The molecule has 0 aliphatic heterocycles. The van der Waals surface area contributed by atoms with Gasteiger partial charge < -0.3 is 9.73 Å². The molecule has 1 heterocycles. The summed E-state index contributed by atoms with van der Waals surface area (Å²) in [6, 6.07) is 7.92. The van der Waals surface area contributed by atoms with E-state index < -0.39 is 0 Å². The number of amides is 1. The number of rotatable bonds is 3. The average Bonchev–Trinajstić information content (AvgIpc) is 2.84. The monoisotopic (exact) mass is 295 g/mol. The maximum Gasteiger partial charge on any atom is 0.235 e. The first-order chi connectivity index (χ1) is 9.51. The zero-order valence-corrected chi connectivity index (χ0v) is 12.6. The predicted octanol–water partition coefficient (Wildman–Crippen LogP) is 2.92. The van der Waals surface area contributed by atoms with Crippen LogP contribution in [0.5, 0.6) is 0 Å². The third-order valence-corrected chi connectivity index (χ3v) is 2.63. The summed E-state index contributed by atoms with van der Waals surface area (Å²) in [5.74, 6) is 0.823. The molecular formula is C14H18ClN3O2. The second kappa shape index (κ2) is 8.32. The number of aromatic nitrogens is 2. The van der Waals surface area contributed by atoms with E-state index >= 15 is 0 Å². The van der Waals surface area contributed by atoms with E-state index in [0.717, 1.165) is 11.4 Å². The molecule has 0 spiro atoms. The van der Waals surface area contributed by atoms with E-state index in [4.69, 9.17) is 16.0 Å². The van der Waals surface area contributed by atoms with E-state index in [9.17, 15) is 4.79 Å². The lowest BCUT2D eigenvalue weighted by molar-refractivity contribution is -0.119. The smallest absolute Gasteiger partial charge is 0.235 e. The number of nitrogens with zero attached hydrogens (tertiary/aromatic N) is 2. The Hall–Kier alpha value is -1.88. The summed E-state index contributed by atoms with van der Waals surface area (Å²) in [6.07, 6.45) is 1.08. The maximum absolute atomic E-state index is 10.4. The van der Waals surface area contributed by atoms with Gasteiger partial charge in [0.25, 0.3) is 0 Å². The van der Waals surface area contributed by atoms with Crippen LogP contribution in [0.2, 0.25) is 5.02 Å². The number of nitrogens with one attached hydrogen (secondary N) is 1. The van der Waals surface area contributed by atoms with Crippen molar-refractivity contribution in [2.45, 2.75) is 33.7 Å². The van der Waals surface area contributed by atoms with Gasteiger partial charge >= 0.3 is 0 Å². The topological polar surface area (TPSA) is 68.0 Å². The molecule has 0 fully saturated rings. The van der Waals surface area contributed by atoms with Crippen LogP contribution in [0.3, 0.4) is 0 Å². The van der Waals surface area contributed by atoms with Gasteiger partial charge in [-0.25, -0.2) is 0 Å². The highest BCUT2D eigenvalue weighted by atomic mass is 35.5. The Bertz CT molecular complexity index is 538. The van der Waals surface area contributed by atoms with Crippen molar-refractivity contribution in [3.63, 3.8) is 0 Å². The Kier molecular flexibility index (Phi) is 6.73. The fourth-order valence-electron chi connectivity index (χ4n) is 1.33. The number of hydrogen-bond acceptors (Lipinski definition) is 4. The Labute approximate surface area is 123 Å². The van der Waals surface area contributed by atoms with Crippen molar-refractivity contribution < 1.29 is 9.21 Å². The maximum atomic E-state index is 10.4. The molecule has 2 rings (SSSR count). The van der Waals surface area contributed by atoms with Crippen LogP contribution < -0.4 is 5.32 Å². The molecule has 2 aromatic rings. The molecule has 0 saturated heterocycles. The normalized spacial score (nSPS) is 9.60. The van der Waals surface area contributed by atoms with Crippen molar-refractivity contribution in [2.75, 3.05) is 0 Å². The second-order valence-electron chi connectivity index (χ2n) is 4.10. The fourth-order valence-corrected chi connectivity index (χ4v) is 1.46. The highest BCUT2D eigenvalue weighted by molar-refractivity contribution is 6.30. The van der Waals surface area contributed by atoms with Crippen LogP contribution in [0.25, 0.3) is 0 Å². The number of aryl methyl sites for hydroxylation is 2. The van der Waals surface area contributed by atoms with Crippen LogP contribution in [0.15, 0.2) is 28.7 Å². The molecule has 1 N–H and O–H groups in total. The van der Waals surface area contributed by atoms with Crippen molar-refractivity contribution in [3.05, 3.63) is 46.6 Å². The Morgan fingerprint density at radius 3 is 2.40 bits per heavy atom. The van der Waals surface area contributed by atoms with Gasteiger partial charge in [0.2, 0.25) is 17.7 Å². The van der Waals surface area contributed by atoms with E-state index in [1.165, 1.54) is 12.5 Å². The first-order valence-corrected chi connectivity index (χ1v) is 6.67. The average molecular weight is 296 g/mol. The van der Waals surface area contributed by atoms with Gasteiger partial charge in [0.05, 0.1) is 6.54 Å². The minimum atomic E-state index is -0.110. The van der Waals surface area contributed by atoms with Crippen LogP contribution in [0.1, 0.15) is 31.2 Å². The van der Waals surface area contributed by atoms with Gasteiger partial charge in [0.1, 0.15) is 0 Å². The Morgan fingerprint density at radius 2 is 1.95 bits per heavy atom. The molecule has 0 saturated carbocycles. The lowest BCUT2D eigenvalue weighted by atomic mass is 10.2. The molecule has 1 aromatic heterocycles. The summed E-state index contributed by atoms with van der Waals surface area (Å²) in [5, 5.41) is 10.6. The number of carbonyl (C=O) groups excluding carboxylic acids is 1. The quantitative estimate of drug-likeness (QED) is 0.945. The van der Waals surface area contributed by atoms with Gasteiger partial charge in [-0.05, 0) is 24.1 Å². The molecule has 5 nitrogen and oxygen atoms in total. The second-order valence-corrected chi connectivity index (χ2v) is 4.54. The highest BCUT2D eigenvalue weighted by Gasteiger charge is 2.01. The minimum Gasteiger partial charge on any atom is -0.424 e. The summed E-state index contributed by atoms with van der Waals surface area (Å²) >= 11 is 5.67. The number of halogens is 1. The van der Waals surface area contributed by atoms with Crippen molar-refractivity contribution in [1.29, 1.82) is 0 Å². The zero-order valence-electron chi connectivity index (χ0n) is 11.8. The van der Waals surface area contributed by atoms with Gasteiger partial charge in [-0.1, -0.05) is 30.7 Å². The lowest BCUT2D eigenvalue weighted by Gasteiger charge is -1.93. The molecule has 0 aliphatic rings. The van der Waals surface area contributed by atoms with Gasteiger partial charge in [-0.3, -0.25) is 4.79 Å². The predicted molar refractivity (Wildman–Crippen MR) is 77.4 cm³/mol. The van der Waals surface area contributed by atoms with Crippen LogP contribution in [-0.2, 0) is 17.8 Å². The molecule has 1 aromatic carbocycles. The highest BCUT2D eigenvalue weighted by Crippen LogP contribution is 2.09. The third kappa shape index (κ3) is 6.33. The largest absolute Gasteiger partial charge is 0.424 e. The van der Waals surface area contributed by atoms with Crippen LogP contribution in [-0.4, -0.2) is 16.1 Å². The van der Waals surface area contributed by atoms with Crippen LogP contribution >= 0.6 is 11.6 Å². The SMILES string of the molecule is CC(=O)NCc1nnc(C)o1.CCc1ccc(Cl)cc1. The molecular weight excluding hydrogens is 278 g/mol. The summed E-state index contributed by atoms with van der Waals surface area (Å²) in [5.41, 5.74) is 1.33. The van der Waals surface area contributed by atoms with Gasteiger partial charge in [-0.2, -0.15) is 0 Å². The minimum absolute atomic E-state index is 0.110. The van der Waals surface area contributed by atoms with Crippen LogP contribution in [0, 0.1) is 6.92 Å². The molecule has 0 radical (unpaired) electrons. The zero-order chi connectivity index (χ0) is 15.0. The van der Waals surface area contributed by atoms with Crippen LogP contribution in [0.4, 0.5) is 0 Å². The third-order valence-electron chi connectivity index (χ3n) is 2.38. The number of benzene rings is 1. The van der Waals surface area contributed by atoms with E-state index in [-0.39, 0.29) is 5.91 Å². The van der Waals surface area contributed by atoms with Crippen molar-refractivity contribution in [3.8, 4) is 0 Å². The van der Waals surface area contributed by atoms with Gasteiger partial charge in [0, 0.05) is 18.9 Å². The van der Waals surface area contributed by atoms with Crippen molar-refractivity contribution in [1.82, 2.24) is 15.5 Å². The molecule has 1 amide bonds. The molecule has 108 valence electrons. The molecule has 6 heteroatoms. The van der Waals surface area contributed by atoms with E-state index in [0.29, 0.717) is 18.3 Å². The first-order valence-electron chi connectivity index (χ1n) is 6.29. The van der Waals surface area contributed by atoms with Crippen molar-refractivity contribution in [2.24, 2.45) is 0 Å². The van der Waals surface area contributed by atoms with Crippen molar-refractivity contribution >= 4 is 17.5 Å². The standard InChI is InChI=1S/C8H9Cl.C6H9N3O2/c1-2-7-3-5-8(9)6-4-7;1-4(10)7-3-6-9-8-5(2)11-6/h3-6H,2H2,1H3;3H2,1-2H3,(H,7,10). The number of hydrogen-bond donors (Lipinski definition) is 1. The van der Waals surface area contributed by atoms with Gasteiger partial charge in [-0.15, -0.1) is 10.2 Å². The first kappa shape index (κ1) is 16.2. The van der Waals surface area contributed by atoms with E-state index in [2.05, 4.69) is 22.4 Å². The molecule has 20 heavy (non-hydrogen) atoms. The van der Waals surface area contributed by atoms with E-state index in [1.54, 1.807) is 6.92 Å². The summed E-state index contributed by atoms with van der Waals surface area (Å²) in [4.78, 5) is 10.4. The molecule has 0 unspecified atom stereocenters. The summed E-state index contributed by atoms with van der Waals surface area (Å²) in [7, 11) is 0. The molecule has 0 atom stereocenters. The Balaban J connectivity index is 0.000000204. The Morgan fingerprint density at radius 1 is 1.30 bits per heavy atom. The lowest BCUT2D eigenvalue weighted by Crippen LogP contribution is -2.18. The van der Waals surface area contributed by atoms with Gasteiger partial charge in [0.15, 0.2) is 0 Å².